The Morgan fingerprint density at radius 3 is 2.82 bits per heavy atom. The summed E-state index contributed by atoms with van der Waals surface area (Å²) >= 11 is 0. The normalized spacial score (nSPS) is 20.1. The van der Waals surface area contributed by atoms with Crippen LogP contribution in [0.25, 0.3) is 0 Å². The Morgan fingerprint density at radius 2 is 2.24 bits per heavy atom. The van der Waals surface area contributed by atoms with Crippen LogP contribution < -0.4 is 4.74 Å². The van der Waals surface area contributed by atoms with Crippen molar-refractivity contribution >= 4 is 0 Å². The monoisotopic (exact) mass is 235 g/mol. The molecule has 0 aliphatic carbocycles. The Labute approximate surface area is 103 Å². The molecule has 1 aromatic carbocycles. The summed E-state index contributed by atoms with van der Waals surface area (Å²) in [6.07, 6.45) is 1.06. The summed E-state index contributed by atoms with van der Waals surface area (Å²) in [6.45, 7) is 6.65. The van der Waals surface area contributed by atoms with Gasteiger partial charge in [0.25, 0.3) is 0 Å². The van der Waals surface area contributed by atoms with Crippen molar-refractivity contribution in [2.75, 3.05) is 20.2 Å². The molecule has 0 spiro atoms. The second-order valence-corrected chi connectivity index (χ2v) is 4.58. The number of hydrogen-bond acceptors (Lipinski definition) is 3. The second-order valence-electron chi connectivity index (χ2n) is 4.58. The van der Waals surface area contributed by atoms with Gasteiger partial charge in [-0.1, -0.05) is 6.92 Å². The van der Waals surface area contributed by atoms with Crippen LogP contribution in [0.4, 0.5) is 0 Å². The van der Waals surface area contributed by atoms with E-state index in [-0.39, 0.29) is 6.61 Å². The third kappa shape index (κ3) is 2.17. The number of nitrogens with zero attached hydrogens (tertiary/aromatic N) is 1. The van der Waals surface area contributed by atoms with Crippen molar-refractivity contribution < 1.29 is 9.84 Å². The number of hydrogen-bond donors (Lipinski definition) is 1. The fourth-order valence-corrected chi connectivity index (χ4v) is 2.70. The highest BCUT2D eigenvalue weighted by Crippen LogP contribution is 2.34. The number of aliphatic hydroxyl groups excluding tert-OH is 1. The number of benzene rings is 1. The van der Waals surface area contributed by atoms with Gasteiger partial charge in [-0.15, -0.1) is 0 Å². The molecule has 0 saturated heterocycles. The number of aliphatic hydroxyl groups is 1. The van der Waals surface area contributed by atoms with E-state index in [0.717, 1.165) is 30.8 Å². The molecule has 1 aliphatic rings. The fraction of sp³-hybridized carbons (Fsp3) is 0.571. The third-order valence-corrected chi connectivity index (χ3v) is 3.78. The van der Waals surface area contributed by atoms with Crippen molar-refractivity contribution in [1.29, 1.82) is 0 Å². The minimum atomic E-state index is 0.0440. The maximum absolute atomic E-state index is 9.32. The molecule has 1 unspecified atom stereocenters. The zero-order valence-electron chi connectivity index (χ0n) is 10.9. The molecule has 1 aromatic rings. The van der Waals surface area contributed by atoms with E-state index in [1.165, 1.54) is 11.1 Å². The van der Waals surface area contributed by atoms with Gasteiger partial charge in [-0.25, -0.2) is 0 Å². The van der Waals surface area contributed by atoms with Crippen LogP contribution in [0.3, 0.4) is 0 Å². The Morgan fingerprint density at radius 1 is 1.47 bits per heavy atom. The van der Waals surface area contributed by atoms with Gasteiger partial charge in [0.05, 0.1) is 13.7 Å². The highest BCUT2D eigenvalue weighted by Gasteiger charge is 2.24. The standard InChI is InChI=1S/C14H21NO2/c1-4-15-6-5-11-7-12(9-16)14(17-3)8-13(11)10(15)2/h7-8,10,16H,4-6,9H2,1-3H3. The van der Waals surface area contributed by atoms with E-state index in [0.29, 0.717) is 6.04 Å². The van der Waals surface area contributed by atoms with Gasteiger partial charge in [0.15, 0.2) is 0 Å². The minimum Gasteiger partial charge on any atom is -0.496 e. The second kappa shape index (κ2) is 5.07. The van der Waals surface area contributed by atoms with Crippen LogP contribution in [-0.2, 0) is 13.0 Å². The van der Waals surface area contributed by atoms with Crippen LogP contribution in [0.2, 0.25) is 0 Å². The van der Waals surface area contributed by atoms with E-state index in [4.69, 9.17) is 4.74 Å². The highest BCUT2D eigenvalue weighted by molar-refractivity contribution is 5.45. The Bertz CT molecular complexity index is 403. The quantitative estimate of drug-likeness (QED) is 0.871. The first-order chi connectivity index (χ1) is 8.21. The van der Waals surface area contributed by atoms with Crippen LogP contribution in [0, 0.1) is 0 Å². The van der Waals surface area contributed by atoms with Crippen LogP contribution >= 0.6 is 0 Å². The number of likely N-dealkylation sites (N-methyl/N-ethyl adjacent to an activating group) is 1. The summed E-state index contributed by atoms with van der Waals surface area (Å²) in [5.41, 5.74) is 3.59. The average molecular weight is 235 g/mol. The molecule has 0 aromatic heterocycles. The van der Waals surface area contributed by atoms with E-state index in [1.54, 1.807) is 7.11 Å². The maximum atomic E-state index is 9.32. The molecule has 0 fully saturated rings. The zero-order chi connectivity index (χ0) is 12.4. The average Bonchev–Trinajstić information content (AvgIpc) is 2.38. The largest absolute Gasteiger partial charge is 0.496 e. The molecule has 0 saturated carbocycles. The summed E-state index contributed by atoms with van der Waals surface area (Å²) in [4.78, 5) is 2.46. The van der Waals surface area contributed by atoms with Gasteiger partial charge in [-0.3, -0.25) is 4.90 Å². The topological polar surface area (TPSA) is 32.7 Å². The number of fused-ring (bicyclic) bond motifs is 1. The van der Waals surface area contributed by atoms with E-state index >= 15 is 0 Å². The third-order valence-electron chi connectivity index (χ3n) is 3.78. The van der Waals surface area contributed by atoms with E-state index < -0.39 is 0 Å². The molecule has 0 amide bonds. The van der Waals surface area contributed by atoms with Gasteiger partial charge >= 0.3 is 0 Å². The molecule has 1 heterocycles. The molecule has 1 atom stereocenters. The van der Waals surface area contributed by atoms with E-state index in [1.807, 2.05) is 0 Å². The summed E-state index contributed by atoms with van der Waals surface area (Å²) in [7, 11) is 1.66. The number of methoxy groups -OCH3 is 1. The lowest BCUT2D eigenvalue weighted by molar-refractivity contribution is 0.208. The Balaban J connectivity index is 2.43. The highest BCUT2D eigenvalue weighted by atomic mass is 16.5. The Hall–Kier alpha value is -1.06. The molecular weight excluding hydrogens is 214 g/mol. The van der Waals surface area contributed by atoms with Crippen molar-refractivity contribution in [2.45, 2.75) is 32.9 Å². The lowest BCUT2D eigenvalue weighted by atomic mass is 9.91. The van der Waals surface area contributed by atoms with Crippen LogP contribution in [0.1, 0.15) is 36.6 Å². The summed E-state index contributed by atoms with van der Waals surface area (Å²) < 4.78 is 5.34. The predicted molar refractivity (Wildman–Crippen MR) is 68.3 cm³/mol. The molecule has 3 nitrogen and oxygen atoms in total. The number of rotatable bonds is 3. The minimum absolute atomic E-state index is 0.0440. The molecule has 2 rings (SSSR count). The van der Waals surface area contributed by atoms with E-state index in [9.17, 15) is 5.11 Å². The molecule has 17 heavy (non-hydrogen) atoms. The first-order valence-electron chi connectivity index (χ1n) is 6.25. The van der Waals surface area contributed by atoms with Crippen LogP contribution in [0.5, 0.6) is 5.75 Å². The van der Waals surface area contributed by atoms with Crippen molar-refractivity contribution in [3.05, 3.63) is 28.8 Å². The SMILES string of the molecule is CCN1CCc2cc(CO)c(OC)cc2C1C. The lowest BCUT2D eigenvalue weighted by Crippen LogP contribution is -2.33. The van der Waals surface area contributed by atoms with Crippen molar-refractivity contribution in [2.24, 2.45) is 0 Å². The molecule has 3 heteroatoms. The summed E-state index contributed by atoms with van der Waals surface area (Å²) in [5, 5.41) is 9.32. The van der Waals surface area contributed by atoms with Crippen LogP contribution in [0.15, 0.2) is 12.1 Å². The predicted octanol–water partition coefficient (Wildman–Crippen LogP) is 2.13. The van der Waals surface area contributed by atoms with Crippen LogP contribution in [-0.4, -0.2) is 30.2 Å². The molecule has 0 radical (unpaired) electrons. The zero-order valence-corrected chi connectivity index (χ0v) is 10.9. The molecule has 94 valence electrons. The van der Waals surface area contributed by atoms with Crippen molar-refractivity contribution in [3.63, 3.8) is 0 Å². The van der Waals surface area contributed by atoms with Crippen molar-refractivity contribution in [3.8, 4) is 5.75 Å². The summed E-state index contributed by atoms with van der Waals surface area (Å²) in [6, 6.07) is 4.62. The molecule has 1 aliphatic heterocycles. The molecule has 0 bridgehead atoms. The molecular formula is C14H21NO2. The first-order valence-corrected chi connectivity index (χ1v) is 6.25. The summed E-state index contributed by atoms with van der Waals surface area (Å²) in [5.74, 6) is 0.802. The lowest BCUT2D eigenvalue weighted by Gasteiger charge is -2.35. The van der Waals surface area contributed by atoms with Crippen molar-refractivity contribution in [1.82, 2.24) is 4.90 Å². The number of ether oxygens (including phenoxy) is 1. The van der Waals surface area contributed by atoms with E-state index in [2.05, 4.69) is 30.9 Å². The maximum Gasteiger partial charge on any atom is 0.124 e. The van der Waals surface area contributed by atoms with Gasteiger partial charge in [-0.05, 0) is 43.1 Å². The van der Waals surface area contributed by atoms with Gasteiger partial charge in [-0.2, -0.15) is 0 Å². The van der Waals surface area contributed by atoms with Gasteiger partial charge in [0.2, 0.25) is 0 Å². The van der Waals surface area contributed by atoms with Gasteiger partial charge in [0, 0.05) is 18.2 Å². The van der Waals surface area contributed by atoms with Gasteiger partial charge in [0.1, 0.15) is 5.75 Å². The Kier molecular flexibility index (Phi) is 3.69. The first kappa shape index (κ1) is 12.4. The van der Waals surface area contributed by atoms with Gasteiger partial charge < -0.3 is 9.84 Å². The molecule has 1 N–H and O–H groups in total. The smallest absolute Gasteiger partial charge is 0.124 e. The fourth-order valence-electron chi connectivity index (χ4n) is 2.70.